The zero-order valence-corrected chi connectivity index (χ0v) is 12.3. The van der Waals surface area contributed by atoms with Crippen molar-refractivity contribution in [2.24, 2.45) is 0 Å². The maximum Gasteiger partial charge on any atom is 0.274 e. The van der Waals surface area contributed by atoms with E-state index in [0.717, 1.165) is 24.1 Å². The van der Waals surface area contributed by atoms with Gasteiger partial charge in [0, 0.05) is 5.69 Å². The molecule has 0 aliphatic carbocycles. The van der Waals surface area contributed by atoms with Crippen LogP contribution in [0.3, 0.4) is 0 Å². The second-order valence-corrected chi connectivity index (χ2v) is 5.02. The number of rotatable bonds is 4. The molecule has 1 aromatic heterocycles. The fraction of sp³-hybridized carbons (Fsp3) is 0.200. The van der Waals surface area contributed by atoms with Crippen LogP contribution in [0, 0.1) is 0 Å². The van der Waals surface area contributed by atoms with Gasteiger partial charge in [-0.05, 0) is 46.1 Å². The van der Waals surface area contributed by atoms with Crippen LogP contribution in [-0.4, -0.2) is 10.9 Å². The van der Waals surface area contributed by atoms with Crippen molar-refractivity contribution in [3.63, 3.8) is 0 Å². The SMILES string of the molecule is CCCc1ccccc1NC(=O)c1cccc(Br)n1. The average molecular weight is 319 g/mol. The number of carbonyl (C=O) groups excluding carboxylic acids is 1. The van der Waals surface area contributed by atoms with E-state index in [1.54, 1.807) is 18.2 Å². The molecule has 1 amide bonds. The van der Waals surface area contributed by atoms with Crippen LogP contribution < -0.4 is 5.32 Å². The summed E-state index contributed by atoms with van der Waals surface area (Å²) in [6.45, 7) is 2.12. The lowest BCUT2D eigenvalue weighted by molar-refractivity contribution is 0.102. The Labute approximate surface area is 121 Å². The summed E-state index contributed by atoms with van der Waals surface area (Å²) >= 11 is 3.26. The van der Waals surface area contributed by atoms with E-state index in [-0.39, 0.29) is 5.91 Å². The van der Waals surface area contributed by atoms with E-state index in [9.17, 15) is 4.79 Å². The Bertz CT molecular complexity index is 584. The van der Waals surface area contributed by atoms with Gasteiger partial charge < -0.3 is 5.32 Å². The second-order valence-electron chi connectivity index (χ2n) is 4.21. The third kappa shape index (κ3) is 3.64. The number of carbonyl (C=O) groups is 1. The Balaban J connectivity index is 2.19. The quantitative estimate of drug-likeness (QED) is 0.864. The molecule has 0 unspecified atom stereocenters. The number of nitrogens with zero attached hydrogens (tertiary/aromatic N) is 1. The van der Waals surface area contributed by atoms with Gasteiger partial charge in [-0.25, -0.2) is 4.98 Å². The predicted molar refractivity (Wildman–Crippen MR) is 80.3 cm³/mol. The van der Waals surface area contributed by atoms with Crippen molar-refractivity contribution in [3.8, 4) is 0 Å². The van der Waals surface area contributed by atoms with Crippen LogP contribution in [0.2, 0.25) is 0 Å². The molecule has 0 aliphatic rings. The Morgan fingerprint density at radius 3 is 2.74 bits per heavy atom. The van der Waals surface area contributed by atoms with E-state index < -0.39 is 0 Å². The van der Waals surface area contributed by atoms with E-state index in [4.69, 9.17) is 0 Å². The molecule has 0 spiro atoms. The van der Waals surface area contributed by atoms with Gasteiger partial charge in [0.1, 0.15) is 10.3 Å². The van der Waals surface area contributed by atoms with Gasteiger partial charge in [0.15, 0.2) is 0 Å². The summed E-state index contributed by atoms with van der Waals surface area (Å²) in [6, 6.07) is 13.1. The van der Waals surface area contributed by atoms with Crippen molar-refractivity contribution in [3.05, 3.63) is 58.3 Å². The molecule has 1 heterocycles. The molecule has 3 nitrogen and oxygen atoms in total. The van der Waals surface area contributed by atoms with Crippen LogP contribution in [0.1, 0.15) is 29.4 Å². The van der Waals surface area contributed by atoms with Gasteiger partial charge in [-0.15, -0.1) is 0 Å². The highest BCUT2D eigenvalue weighted by molar-refractivity contribution is 9.10. The minimum atomic E-state index is -0.190. The standard InChI is InChI=1S/C15H15BrN2O/c1-2-6-11-7-3-4-8-12(11)18-15(19)13-9-5-10-14(16)17-13/h3-5,7-10H,2,6H2,1H3,(H,18,19). The zero-order chi connectivity index (χ0) is 13.7. The summed E-state index contributed by atoms with van der Waals surface area (Å²) in [5.74, 6) is -0.190. The number of aryl methyl sites for hydroxylation is 1. The molecule has 4 heteroatoms. The van der Waals surface area contributed by atoms with E-state index in [0.29, 0.717) is 10.3 Å². The summed E-state index contributed by atoms with van der Waals surface area (Å²) in [6.07, 6.45) is 1.99. The van der Waals surface area contributed by atoms with Crippen LogP contribution in [0.15, 0.2) is 47.1 Å². The highest BCUT2D eigenvalue weighted by atomic mass is 79.9. The largest absolute Gasteiger partial charge is 0.320 e. The van der Waals surface area contributed by atoms with E-state index in [2.05, 4.69) is 33.2 Å². The van der Waals surface area contributed by atoms with Crippen LogP contribution >= 0.6 is 15.9 Å². The first-order valence-corrected chi connectivity index (χ1v) is 7.02. The third-order valence-electron chi connectivity index (χ3n) is 2.73. The first-order chi connectivity index (χ1) is 9.20. The number of hydrogen-bond donors (Lipinski definition) is 1. The molecule has 2 rings (SSSR count). The molecule has 2 aromatic rings. The first-order valence-electron chi connectivity index (χ1n) is 6.22. The van der Waals surface area contributed by atoms with Crippen LogP contribution in [-0.2, 0) is 6.42 Å². The first kappa shape index (κ1) is 13.7. The smallest absolute Gasteiger partial charge is 0.274 e. The van der Waals surface area contributed by atoms with Gasteiger partial charge in [0.05, 0.1) is 0 Å². The molecule has 19 heavy (non-hydrogen) atoms. The minimum absolute atomic E-state index is 0.190. The normalized spacial score (nSPS) is 10.2. The highest BCUT2D eigenvalue weighted by Gasteiger charge is 2.09. The summed E-state index contributed by atoms with van der Waals surface area (Å²) in [5, 5.41) is 2.92. The molecule has 98 valence electrons. The summed E-state index contributed by atoms with van der Waals surface area (Å²) in [5.41, 5.74) is 2.41. The maximum absolute atomic E-state index is 12.1. The minimum Gasteiger partial charge on any atom is -0.320 e. The molecule has 0 saturated heterocycles. The predicted octanol–water partition coefficient (Wildman–Crippen LogP) is 4.05. The fourth-order valence-corrected chi connectivity index (χ4v) is 2.19. The number of aromatic nitrogens is 1. The van der Waals surface area contributed by atoms with Gasteiger partial charge in [-0.2, -0.15) is 0 Å². The Hall–Kier alpha value is -1.68. The van der Waals surface area contributed by atoms with Crippen molar-refractivity contribution in [1.82, 2.24) is 4.98 Å². The third-order valence-corrected chi connectivity index (χ3v) is 3.17. The number of pyridine rings is 1. The number of benzene rings is 1. The van der Waals surface area contributed by atoms with Crippen molar-refractivity contribution in [2.75, 3.05) is 5.32 Å². The molecule has 0 radical (unpaired) electrons. The van der Waals surface area contributed by atoms with Gasteiger partial charge in [0.25, 0.3) is 5.91 Å². The Kier molecular flexibility index (Phi) is 4.68. The van der Waals surface area contributed by atoms with Crippen molar-refractivity contribution in [1.29, 1.82) is 0 Å². The maximum atomic E-state index is 12.1. The van der Waals surface area contributed by atoms with Crippen molar-refractivity contribution < 1.29 is 4.79 Å². The zero-order valence-electron chi connectivity index (χ0n) is 10.7. The molecule has 0 bridgehead atoms. The molecule has 0 saturated carbocycles. The molecule has 0 aliphatic heterocycles. The molecule has 1 N–H and O–H groups in total. The van der Waals surface area contributed by atoms with E-state index in [1.807, 2.05) is 24.3 Å². The summed E-state index contributed by atoms with van der Waals surface area (Å²) in [7, 11) is 0. The second kappa shape index (κ2) is 6.48. The van der Waals surface area contributed by atoms with Crippen LogP contribution in [0.25, 0.3) is 0 Å². The number of nitrogens with one attached hydrogen (secondary N) is 1. The van der Waals surface area contributed by atoms with Gasteiger partial charge in [-0.1, -0.05) is 37.6 Å². The number of halogens is 1. The number of anilines is 1. The Morgan fingerprint density at radius 2 is 2.00 bits per heavy atom. The van der Waals surface area contributed by atoms with Crippen LogP contribution in [0.4, 0.5) is 5.69 Å². The molecular weight excluding hydrogens is 304 g/mol. The molecular formula is C15H15BrN2O. The lowest BCUT2D eigenvalue weighted by Crippen LogP contribution is -2.14. The van der Waals surface area contributed by atoms with Gasteiger partial charge in [0.2, 0.25) is 0 Å². The fourth-order valence-electron chi connectivity index (χ4n) is 1.85. The highest BCUT2D eigenvalue weighted by Crippen LogP contribution is 2.18. The lowest BCUT2D eigenvalue weighted by Gasteiger charge is -2.10. The van der Waals surface area contributed by atoms with Gasteiger partial charge in [-0.3, -0.25) is 4.79 Å². The molecule has 0 fully saturated rings. The van der Waals surface area contributed by atoms with E-state index in [1.165, 1.54) is 0 Å². The topological polar surface area (TPSA) is 42.0 Å². The van der Waals surface area contributed by atoms with Crippen molar-refractivity contribution in [2.45, 2.75) is 19.8 Å². The summed E-state index contributed by atoms with van der Waals surface area (Å²) in [4.78, 5) is 16.3. The summed E-state index contributed by atoms with van der Waals surface area (Å²) < 4.78 is 0.655. The Morgan fingerprint density at radius 1 is 1.21 bits per heavy atom. The van der Waals surface area contributed by atoms with Gasteiger partial charge >= 0.3 is 0 Å². The van der Waals surface area contributed by atoms with E-state index >= 15 is 0 Å². The monoisotopic (exact) mass is 318 g/mol. The number of amides is 1. The average Bonchev–Trinajstić information content (AvgIpc) is 2.41. The molecule has 0 atom stereocenters. The van der Waals surface area contributed by atoms with Crippen LogP contribution in [0.5, 0.6) is 0 Å². The number of para-hydroxylation sites is 1. The van der Waals surface area contributed by atoms with Crippen molar-refractivity contribution >= 4 is 27.5 Å². The lowest BCUT2D eigenvalue weighted by atomic mass is 10.1. The number of hydrogen-bond acceptors (Lipinski definition) is 2. The molecule has 1 aromatic carbocycles.